The number of hydrogen-bond donors (Lipinski definition) is 2. The first kappa shape index (κ1) is 38.8. The van der Waals surface area contributed by atoms with Gasteiger partial charge in [0, 0.05) is 36.9 Å². The van der Waals surface area contributed by atoms with Crippen LogP contribution in [0.2, 0.25) is 0 Å². The third-order valence-electron chi connectivity index (χ3n) is 17.1. The van der Waals surface area contributed by atoms with Gasteiger partial charge in [0.2, 0.25) is 0 Å². The molecule has 4 saturated carbocycles. The molecule has 7 rings (SSSR count). The Kier molecular flexibility index (Phi) is 9.53. The van der Waals surface area contributed by atoms with Gasteiger partial charge in [-0.15, -0.1) is 0 Å². The maximum Gasteiger partial charge on any atom is 0.309 e. The van der Waals surface area contributed by atoms with Crippen molar-refractivity contribution < 1.29 is 29.3 Å². The van der Waals surface area contributed by atoms with Gasteiger partial charge in [0.15, 0.2) is 5.78 Å². The zero-order valence-corrected chi connectivity index (χ0v) is 34.1. The molecule has 7 heteroatoms. The Balaban J connectivity index is 1.16. The number of carboxylic acids is 1. The summed E-state index contributed by atoms with van der Waals surface area (Å²) < 4.78 is 6.18. The van der Waals surface area contributed by atoms with Gasteiger partial charge in [0.05, 0.1) is 17.9 Å². The Hall–Kier alpha value is -2.51. The van der Waals surface area contributed by atoms with E-state index in [1.807, 2.05) is 0 Å². The molecule has 6 aliphatic rings. The van der Waals surface area contributed by atoms with Gasteiger partial charge in [-0.3, -0.25) is 19.3 Å². The third kappa shape index (κ3) is 5.82. The number of allylic oxidation sites excluding steroid dienone is 1. The van der Waals surface area contributed by atoms with E-state index < -0.39 is 28.9 Å². The number of benzene rings is 1. The quantitative estimate of drug-likeness (QED) is 0.258. The number of fused-ring (bicyclic) bond motifs is 8. The Morgan fingerprint density at radius 3 is 2.30 bits per heavy atom. The number of ketones is 1. The van der Waals surface area contributed by atoms with Crippen LogP contribution in [0.25, 0.3) is 0 Å². The van der Waals surface area contributed by atoms with Crippen molar-refractivity contribution in [2.45, 2.75) is 152 Å². The standard InChI is InChI=1S/C46H67NO6/c1-28(2)38-32(48)24-46(35(49)27-47-23-18-29-12-10-11-13-30(29)26-47)22-21-44(8)31(39(38)46)14-15-34-43(7)19-17-36(53-37(50)25-41(3,4)40(51)52)42(5,6)33(43)16-20-45(34,44)9/h10-13,28,31,33-36,49H,14-27H2,1-9H3,(H,51,52)/t31-,33+,34-,35+,36+,43+,44-,45-,46+/m1/s1. The summed E-state index contributed by atoms with van der Waals surface area (Å²) in [6.45, 7) is 22.2. The van der Waals surface area contributed by atoms with Crippen molar-refractivity contribution in [3.8, 4) is 0 Å². The van der Waals surface area contributed by atoms with Crippen molar-refractivity contribution in [2.75, 3.05) is 13.1 Å². The number of ether oxygens (including phenoxy) is 1. The fraction of sp³-hybridized carbons (Fsp3) is 0.761. The summed E-state index contributed by atoms with van der Waals surface area (Å²) in [7, 11) is 0. The number of hydrogen-bond acceptors (Lipinski definition) is 6. The number of nitrogens with zero attached hydrogens (tertiary/aromatic N) is 1. The predicted molar refractivity (Wildman–Crippen MR) is 207 cm³/mol. The Morgan fingerprint density at radius 1 is 0.925 bits per heavy atom. The summed E-state index contributed by atoms with van der Waals surface area (Å²) in [5.41, 5.74) is 3.41. The number of aliphatic carboxylic acids is 1. The Bertz CT molecular complexity index is 1690. The van der Waals surface area contributed by atoms with Gasteiger partial charge in [0.25, 0.3) is 0 Å². The molecule has 0 unspecified atom stereocenters. The maximum atomic E-state index is 14.2. The predicted octanol–water partition coefficient (Wildman–Crippen LogP) is 8.80. The van der Waals surface area contributed by atoms with Crippen LogP contribution < -0.4 is 0 Å². The zero-order valence-electron chi connectivity index (χ0n) is 34.1. The van der Waals surface area contributed by atoms with Crippen molar-refractivity contribution in [3.05, 3.63) is 46.5 Å². The highest BCUT2D eigenvalue weighted by atomic mass is 16.5. The molecule has 1 heterocycles. The molecule has 4 fully saturated rings. The highest BCUT2D eigenvalue weighted by molar-refractivity contribution is 6.00. The summed E-state index contributed by atoms with van der Waals surface area (Å²) in [4.78, 5) is 41.5. The van der Waals surface area contributed by atoms with Crippen molar-refractivity contribution in [1.29, 1.82) is 0 Å². The number of aliphatic hydroxyl groups excluding tert-OH is 1. The van der Waals surface area contributed by atoms with E-state index in [0.29, 0.717) is 24.8 Å². The molecule has 7 nitrogen and oxygen atoms in total. The van der Waals surface area contributed by atoms with Crippen LogP contribution in [0.15, 0.2) is 35.4 Å². The molecule has 2 N–H and O–H groups in total. The largest absolute Gasteiger partial charge is 0.481 e. The first-order valence-electron chi connectivity index (χ1n) is 20.9. The monoisotopic (exact) mass is 729 g/mol. The van der Waals surface area contributed by atoms with Crippen LogP contribution >= 0.6 is 0 Å². The van der Waals surface area contributed by atoms with Gasteiger partial charge in [-0.05, 0) is 128 Å². The average molecular weight is 730 g/mol. The Labute approximate surface area is 318 Å². The van der Waals surface area contributed by atoms with E-state index >= 15 is 0 Å². The van der Waals surface area contributed by atoms with Crippen LogP contribution in [0.1, 0.15) is 138 Å². The molecule has 5 aliphatic carbocycles. The Morgan fingerprint density at radius 2 is 1.62 bits per heavy atom. The number of β-amino-alcohol motifs (C(OH)–C–C–N with tert-alkyl or cyclic N) is 1. The van der Waals surface area contributed by atoms with E-state index in [1.165, 1.54) is 16.7 Å². The van der Waals surface area contributed by atoms with Gasteiger partial charge in [0.1, 0.15) is 6.10 Å². The minimum atomic E-state index is -1.16. The molecule has 1 aliphatic heterocycles. The number of rotatable bonds is 8. The minimum absolute atomic E-state index is 0.00709. The number of carbonyl (C=O) groups excluding carboxylic acids is 2. The molecular formula is C46H67NO6. The highest BCUT2D eigenvalue weighted by Crippen LogP contribution is 2.77. The molecule has 0 saturated heterocycles. The van der Waals surface area contributed by atoms with E-state index in [4.69, 9.17) is 4.74 Å². The van der Waals surface area contributed by atoms with Crippen molar-refractivity contribution in [3.63, 3.8) is 0 Å². The third-order valence-corrected chi connectivity index (χ3v) is 17.1. The number of Topliss-reactive ketones (excluding diaryl/α,β-unsaturated/α-hetero) is 1. The number of carboxylic acid groups (broad SMARTS) is 1. The molecule has 1 aromatic carbocycles. The molecular weight excluding hydrogens is 663 g/mol. The smallest absolute Gasteiger partial charge is 0.309 e. The van der Waals surface area contributed by atoms with E-state index in [-0.39, 0.29) is 51.8 Å². The summed E-state index contributed by atoms with van der Waals surface area (Å²) in [5.74, 6) is 0.169. The summed E-state index contributed by atoms with van der Waals surface area (Å²) in [6, 6.07) is 8.68. The zero-order chi connectivity index (χ0) is 38.5. The average Bonchev–Trinajstić information content (AvgIpc) is 3.39. The second kappa shape index (κ2) is 13.0. The lowest BCUT2D eigenvalue weighted by molar-refractivity contribution is -0.235. The van der Waals surface area contributed by atoms with Crippen LogP contribution in [0, 0.1) is 56.2 Å². The molecule has 9 atom stereocenters. The molecule has 0 aromatic heterocycles. The molecule has 53 heavy (non-hydrogen) atoms. The van der Waals surface area contributed by atoms with Crippen LogP contribution in [0.3, 0.4) is 0 Å². The SMILES string of the molecule is CC(C)C1=C2[C@H]3CC[C@@H]4[C@@]5(C)CC[C@H](OC(=O)CC(C)(C)C(=O)O)C(C)(C)[C@@H]5CC[C@@]4(C)[C@]3(C)CC[C@@]2([C@@H](O)CN2CCc3ccccc3C2)CC1=O. The van der Waals surface area contributed by atoms with Crippen LogP contribution in [0.4, 0.5) is 0 Å². The number of carbonyl (C=O) groups is 3. The van der Waals surface area contributed by atoms with E-state index in [9.17, 15) is 24.6 Å². The van der Waals surface area contributed by atoms with Crippen molar-refractivity contribution in [1.82, 2.24) is 4.90 Å². The van der Waals surface area contributed by atoms with Crippen LogP contribution in [-0.4, -0.2) is 58.1 Å². The van der Waals surface area contributed by atoms with Crippen molar-refractivity contribution in [2.24, 2.45) is 56.2 Å². The highest BCUT2D eigenvalue weighted by Gasteiger charge is 2.71. The summed E-state index contributed by atoms with van der Waals surface area (Å²) >= 11 is 0. The minimum Gasteiger partial charge on any atom is -0.481 e. The first-order valence-corrected chi connectivity index (χ1v) is 20.9. The van der Waals surface area contributed by atoms with Crippen LogP contribution in [0.5, 0.6) is 0 Å². The van der Waals surface area contributed by atoms with Crippen LogP contribution in [-0.2, 0) is 32.1 Å². The second-order valence-electron chi connectivity index (χ2n) is 20.8. The topological polar surface area (TPSA) is 104 Å². The van der Waals surface area contributed by atoms with Gasteiger partial charge < -0.3 is 14.9 Å². The lowest BCUT2D eigenvalue weighted by Gasteiger charge is -2.72. The number of esters is 1. The molecule has 0 spiro atoms. The normalized spacial score (nSPS) is 38.7. The van der Waals surface area contributed by atoms with E-state index in [0.717, 1.165) is 76.5 Å². The molecule has 0 amide bonds. The number of aliphatic hydroxyl groups is 1. The second-order valence-corrected chi connectivity index (χ2v) is 20.8. The fourth-order valence-electron chi connectivity index (χ4n) is 14.0. The van der Waals surface area contributed by atoms with Crippen molar-refractivity contribution >= 4 is 17.7 Å². The molecule has 292 valence electrons. The first-order chi connectivity index (χ1) is 24.7. The lowest BCUT2D eigenvalue weighted by atomic mass is 9.33. The summed E-state index contributed by atoms with van der Waals surface area (Å²) in [6.07, 6.45) is 8.49. The van der Waals surface area contributed by atoms with Gasteiger partial charge in [-0.25, -0.2) is 0 Å². The molecule has 0 radical (unpaired) electrons. The molecule has 0 bridgehead atoms. The summed E-state index contributed by atoms with van der Waals surface area (Å²) in [5, 5.41) is 22.1. The van der Waals surface area contributed by atoms with Gasteiger partial charge >= 0.3 is 11.9 Å². The van der Waals surface area contributed by atoms with Gasteiger partial charge in [-0.1, -0.05) is 78.3 Å². The fourth-order valence-corrected chi connectivity index (χ4v) is 14.0. The maximum absolute atomic E-state index is 14.2. The lowest BCUT2D eigenvalue weighted by Crippen LogP contribution is -2.66. The van der Waals surface area contributed by atoms with E-state index in [1.54, 1.807) is 13.8 Å². The van der Waals surface area contributed by atoms with Gasteiger partial charge in [-0.2, -0.15) is 0 Å². The van der Waals surface area contributed by atoms with E-state index in [2.05, 4.69) is 77.6 Å². The molecule has 1 aromatic rings.